The summed E-state index contributed by atoms with van der Waals surface area (Å²) in [5.74, 6) is -0.558. The van der Waals surface area contributed by atoms with E-state index in [-0.39, 0.29) is 10.7 Å². The summed E-state index contributed by atoms with van der Waals surface area (Å²) in [7, 11) is 0. The lowest BCUT2D eigenvalue weighted by Crippen LogP contribution is -2.24. The van der Waals surface area contributed by atoms with E-state index in [0.717, 1.165) is 6.20 Å². The number of hydrogen-bond donors (Lipinski definition) is 2. The van der Waals surface area contributed by atoms with Crippen LogP contribution < -0.4 is 5.73 Å². The molecular formula is C8H10ClFN2O. The van der Waals surface area contributed by atoms with Gasteiger partial charge in [0, 0.05) is 5.56 Å². The average molecular weight is 205 g/mol. The topological polar surface area (TPSA) is 59.1 Å². The molecule has 1 aromatic rings. The first-order chi connectivity index (χ1) is 6.02. The van der Waals surface area contributed by atoms with Crippen molar-refractivity contribution in [3.05, 3.63) is 28.8 Å². The molecule has 72 valence electrons. The maximum absolute atomic E-state index is 13.1. The Morgan fingerprint density at radius 3 is 2.85 bits per heavy atom. The highest BCUT2D eigenvalue weighted by Crippen LogP contribution is 2.19. The molecule has 0 aromatic carbocycles. The van der Waals surface area contributed by atoms with Crippen molar-refractivity contribution in [2.75, 3.05) is 0 Å². The lowest BCUT2D eigenvalue weighted by atomic mass is 10.0. The van der Waals surface area contributed by atoms with Gasteiger partial charge in [-0.15, -0.1) is 0 Å². The molecule has 1 aromatic heterocycles. The van der Waals surface area contributed by atoms with Crippen molar-refractivity contribution in [3.8, 4) is 0 Å². The molecule has 0 radical (unpaired) electrons. The summed E-state index contributed by atoms with van der Waals surface area (Å²) in [6.45, 7) is 1.48. The number of aliphatic hydroxyl groups is 1. The highest BCUT2D eigenvalue weighted by atomic mass is 35.5. The molecular weight excluding hydrogens is 195 g/mol. The Labute approximate surface area is 80.3 Å². The van der Waals surface area contributed by atoms with Crippen LogP contribution in [0.15, 0.2) is 12.3 Å². The zero-order chi connectivity index (χ0) is 10.0. The first-order valence-electron chi connectivity index (χ1n) is 3.77. The van der Waals surface area contributed by atoms with E-state index in [4.69, 9.17) is 22.4 Å². The van der Waals surface area contributed by atoms with Crippen LogP contribution in [-0.4, -0.2) is 16.2 Å². The molecule has 0 unspecified atom stereocenters. The second-order valence-electron chi connectivity index (χ2n) is 2.79. The summed E-state index contributed by atoms with van der Waals surface area (Å²) in [6, 6.07) is 0.536. The first kappa shape index (κ1) is 10.4. The van der Waals surface area contributed by atoms with E-state index in [1.54, 1.807) is 0 Å². The molecule has 0 aliphatic rings. The van der Waals surface area contributed by atoms with Gasteiger partial charge in [-0.2, -0.15) is 0 Å². The SMILES string of the molecule is C[C@H](O)[C@@H](N)c1cc(Cl)ncc1F. The smallest absolute Gasteiger partial charge is 0.146 e. The van der Waals surface area contributed by atoms with Crippen LogP contribution in [0.1, 0.15) is 18.5 Å². The summed E-state index contributed by atoms with van der Waals surface area (Å²) in [6.07, 6.45) is 0.160. The minimum absolute atomic E-state index is 0.160. The Hall–Kier alpha value is -0.710. The molecule has 0 saturated carbocycles. The standard InChI is InChI=1S/C8H10ClFN2O/c1-4(13)8(11)5-2-7(9)12-3-6(5)10/h2-4,8,13H,11H2,1H3/t4-,8+/m0/s1. The van der Waals surface area contributed by atoms with Gasteiger partial charge in [-0.25, -0.2) is 9.37 Å². The van der Waals surface area contributed by atoms with Gasteiger partial charge in [0.15, 0.2) is 0 Å². The Morgan fingerprint density at radius 1 is 1.69 bits per heavy atom. The van der Waals surface area contributed by atoms with Gasteiger partial charge >= 0.3 is 0 Å². The fourth-order valence-corrected chi connectivity index (χ4v) is 1.11. The van der Waals surface area contributed by atoms with E-state index in [1.807, 2.05) is 0 Å². The zero-order valence-electron chi connectivity index (χ0n) is 7.04. The Morgan fingerprint density at radius 2 is 2.31 bits per heavy atom. The lowest BCUT2D eigenvalue weighted by Gasteiger charge is -2.15. The van der Waals surface area contributed by atoms with E-state index in [1.165, 1.54) is 13.0 Å². The van der Waals surface area contributed by atoms with E-state index in [0.29, 0.717) is 0 Å². The molecule has 3 nitrogen and oxygen atoms in total. The quantitative estimate of drug-likeness (QED) is 0.713. The van der Waals surface area contributed by atoms with Crippen molar-refractivity contribution >= 4 is 11.6 Å². The minimum atomic E-state index is -0.826. The van der Waals surface area contributed by atoms with Gasteiger partial charge < -0.3 is 10.8 Å². The molecule has 0 bridgehead atoms. The summed E-state index contributed by atoms with van der Waals surface area (Å²) in [4.78, 5) is 3.53. The number of halogens is 2. The van der Waals surface area contributed by atoms with E-state index in [2.05, 4.69) is 4.98 Å². The van der Waals surface area contributed by atoms with Gasteiger partial charge in [0.1, 0.15) is 11.0 Å². The number of pyridine rings is 1. The van der Waals surface area contributed by atoms with Gasteiger partial charge in [-0.3, -0.25) is 0 Å². The molecule has 0 amide bonds. The molecule has 13 heavy (non-hydrogen) atoms. The highest BCUT2D eigenvalue weighted by molar-refractivity contribution is 6.29. The molecule has 0 aliphatic carbocycles. The van der Waals surface area contributed by atoms with Crippen LogP contribution in [0.3, 0.4) is 0 Å². The van der Waals surface area contributed by atoms with Crippen molar-refractivity contribution in [2.45, 2.75) is 19.1 Å². The molecule has 0 fully saturated rings. The molecule has 1 rings (SSSR count). The third-order valence-electron chi connectivity index (χ3n) is 1.73. The van der Waals surface area contributed by atoms with Crippen LogP contribution >= 0.6 is 11.6 Å². The first-order valence-corrected chi connectivity index (χ1v) is 4.14. The monoisotopic (exact) mass is 204 g/mol. The zero-order valence-corrected chi connectivity index (χ0v) is 7.79. The second kappa shape index (κ2) is 4.00. The average Bonchev–Trinajstić information content (AvgIpc) is 2.08. The Kier molecular flexibility index (Phi) is 3.19. The largest absolute Gasteiger partial charge is 0.391 e. The van der Waals surface area contributed by atoms with Crippen molar-refractivity contribution in [2.24, 2.45) is 5.73 Å². The van der Waals surface area contributed by atoms with Gasteiger partial charge in [-0.05, 0) is 13.0 Å². The van der Waals surface area contributed by atoms with Crippen LogP contribution in [0.25, 0.3) is 0 Å². The van der Waals surface area contributed by atoms with Gasteiger partial charge in [-0.1, -0.05) is 11.6 Å². The third kappa shape index (κ3) is 2.37. The lowest BCUT2D eigenvalue weighted by molar-refractivity contribution is 0.162. The van der Waals surface area contributed by atoms with Crippen molar-refractivity contribution in [3.63, 3.8) is 0 Å². The van der Waals surface area contributed by atoms with Crippen LogP contribution in [-0.2, 0) is 0 Å². The number of nitrogens with two attached hydrogens (primary N) is 1. The Bertz CT molecular complexity index is 306. The van der Waals surface area contributed by atoms with Crippen LogP contribution in [0, 0.1) is 5.82 Å². The maximum Gasteiger partial charge on any atom is 0.146 e. The number of aliphatic hydroxyl groups excluding tert-OH is 1. The molecule has 0 spiro atoms. The summed E-state index contributed by atoms with van der Waals surface area (Å²) >= 11 is 5.55. The minimum Gasteiger partial charge on any atom is -0.391 e. The van der Waals surface area contributed by atoms with Crippen molar-refractivity contribution < 1.29 is 9.50 Å². The molecule has 0 aliphatic heterocycles. The highest BCUT2D eigenvalue weighted by Gasteiger charge is 2.16. The number of aromatic nitrogens is 1. The second-order valence-corrected chi connectivity index (χ2v) is 3.18. The van der Waals surface area contributed by atoms with Crippen molar-refractivity contribution in [1.29, 1.82) is 0 Å². The molecule has 0 saturated heterocycles. The molecule has 5 heteroatoms. The van der Waals surface area contributed by atoms with E-state index >= 15 is 0 Å². The predicted octanol–water partition coefficient (Wildman–Crippen LogP) is 1.25. The molecule has 1 heterocycles. The number of nitrogens with zero attached hydrogens (tertiary/aromatic N) is 1. The maximum atomic E-state index is 13.1. The molecule has 3 N–H and O–H groups in total. The summed E-state index contributed by atoms with van der Waals surface area (Å²) in [5.41, 5.74) is 5.71. The predicted molar refractivity (Wildman–Crippen MR) is 47.8 cm³/mol. The van der Waals surface area contributed by atoms with E-state index < -0.39 is 18.0 Å². The number of hydrogen-bond acceptors (Lipinski definition) is 3. The fourth-order valence-electron chi connectivity index (χ4n) is 0.943. The molecule has 2 atom stereocenters. The van der Waals surface area contributed by atoms with Crippen LogP contribution in [0.2, 0.25) is 5.15 Å². The van der Waals surface area contributed by atoms with Gasteiger partial charge in [0.2, 0.25) is 0 Å². The summed E-state index contributed by atoms with van der Waals surface area (Å²) in [5, 5.41) is 9.29. The Balaban J connectivity index is 3.05. The van der Waals surface area contributed by atoms with E-state index in [9.17, 15) is 4.39 Å². The van der Waals surface area contributed by atoms with Crippen LogP contribution in [0.5, 0.6) is 0 Å². The van der Waals surface area contributed by atoms with Crippen molar-refractivity contribution in [1.82, 2.24) is 4.98 Å². The fraction of sp³-hybridized carbons (Fsp3) is 0.375. The van der Waals surface area contributed by atoms with Crippen LogP contribution in [0.4, 0.5) is 4.39 Å². The summed E-state index contributed by atoms with van der Waals surface area (Å²) < 4.78 is 13.1. The number of rotatable bonds is 2. The normalized spacial score (nSPS) is 15.5. The third-order valence-corrected chi connectivity index (χ3v) is 1.94. The van der Waals surface area contributed by atoms with Gasteiger partial charge in [0.05, 0.1) is 18.3 Å². The van der Waals surface area contributed by atoms with Gasteiger partial charge in [0.25, 0.3) is 0 Å².